The number of hydrogen-bond acceptors (Lipinski definition) is 5. The molecule has 0 spiro atoms. The third-order valence-corrected chi connectivity index (χ3v) is 8.21. The lowest BCUT2D eigenvalue weighted by Crippen LogP contribution is -2.32. The van der Waals surface area contributed by atoms with Crippen molar-refractivity contribution < 1.29 is 4.79 Å². The minimum Gasteiger partial charge on any atom is -0.335 e. The average molecular weight is 440 g/mol. The highest BCUT2D eigenvalue weighted by Gasteiger charge is 2.29. The molecule has 3 aromatic rings. The lowest BCUT2D eigenvalue weighted by molar-refractivity contribution is -0.129. The molecule has 1 aliphatic carbocycles. The molecule has 5 rings (SSSR count). The van der Waals surface area contributed by atoms with E-state index in [1.165, 1.54) is 34.2 Å². The van der Waals surface area contributed by atoms with Crippen molar-refractivity contribution in [2.75, 3.05) is 12.3 Å². The number of rotatable bonds is 5. The molecule has 7 heteroatoms. The van der Waals surface area contributed by atoms with Crippen molar-refractivity contribution in [3.63, 3.8) is 0 Å². The number of thioether (sulfide) groups is 1. The van der Waals surface area contributed by atoms with Crippen LogP contribution in [0.5, 0.6) is 0 Å². The summed E-state index contributed by atoms with van der Waals surface area (Å²) < 4.78 is 0. The number of aromatic amines is 1. The fraction of sp³-hybridized carbons (Fsp3) is 0.435. The molecular weight excluding hydrogens is 414 g/mol. The zero-order chi connectivity index (χ0) is 20.5. The summed E-state index contributed by atoms with van der Waals surface area (Å²) in [7, 11) is 0. The lowest BCUT2D eigenvalue weighted by Gasteiger charge is -2.25. The summed E-state index contributed by atoms with van der Waals surface area (Å²) >= 11 is 3.20. The first-order chi connectivity index (χ1) is 14.7. The first-order valence-corrected chi connectivity index (χ1v) is 12.6. The monoisotopic (exact) mass is 439 g/mol. The van der Waals surface area contributed by atoms with Crippen LogP contribution in [0.1, 0.15) is 53.6 Å². The molecule has 1 N–H and O–H groups in total. The number of nitrogens with zero attached hydrogens (tertiary/aromatic N) is 2. The number of benzene rings is 1. The SMILES string of the molecule is O=C(CSCc1nc2sc3c(c2c(=O)[nH]1)CCCC3)N1CCCC1c1ccccc1. The molecule has 1 aromatic carbocycles. The van der Waals surface area contributed by atoms with Crippen LogP contribution in [0.3, 0.4) is 0 Å². The number of aromatic nitrogens is 2. The van der Waals surface area contributed by atoms with E-state index in [-0.39, 0.29) is 17.5 Å². The summed E-state index contributed by atoms with van der Waals surface area (Å²) in [5.41, 5.74) is 2.40. The van der Waals surface area contributed by atoms with Gasteiger partial charge in [0.25, 0.3) is 5.56 Å². The van der Waals surface area contributed by atoms with Crippen LogP contribution in [0, 0.1) is 0 Å². The Morgan fingerprint density at radius 3 is 2.90 bits per heavy atom. The van der Waals surface area contributed by atoms with Gasteiger partial charge in [0.15, 0.2) is 0 Å². The first-order valence-electron chi connectivity index (χ1n) is 10.7. The van der Waals surface area contributed by atoms with Crippen LogP contribution in [-0.2, 0) is 23.4 Å². The van der Waals surface area contributed by atoms with Gasteiger partial charge in [0.05, 0.1) is 22.9 Å². The van der Waals surface area contributed by atoms with Crippen molar-refractivity contribution in [1.82, 2.24) is 14.9 Å². The molecular formula is C23H25N3O2S2. The molecule has 156 valence electrons. The number of likely N-dealkylation sites (tertiary alicyclic amines) is 1. The maximum absolute atomic E-state index is 12.8. The van der Waals surface area contributed by atoms with Crippen LogP contribution in [0.15, 0.2) is 35.1 Å². The molecule has 2 aromatic heterocycles. The van der Waals surface area contributed by atoms with E-state index < -0.39 is 0 Å². The predicted octanol–water partition coefficient (Wildman–Crippen LogP) is 4.46. The maximum atomic E-state index is 12.8. The van der Waals surface area contributed by atoms with Crippen molar-refractivity contribution in [2.24, 2.45) is 0 Å². The molecule has 1 fully saturated rings. The Morgan fingerprint density at radius 1 is 1.20 bits per heavy atom. The minimum absolute atomic E-state index is 0.0231. The molecule has 1 amide bonds. The van der Waals surface area contributed by atoms with Gasteiger partial charge in [0.1, 0.15) is 10.7 Å². The Hall–Kier alpha value is -2.12. The van der Waals surface area contributed by atoms with E-state index in [1.54, 1.807) is 11.3 Å². The van der Waals surface area contributed by atoms with Gasteiger partial charge < -0.3 is 9.88 Å². The molecule has 0 bridgehead atoms. The Kier molecular flexibility index (Phi) is 5.65. The second-order valence-corrected chi connectivity index (χ2v) is 10.1. The van der Waals surface area contributed by atoms with E-state index in [0.29, 0.717) is 17.3 Å². The molecule has 2 aliphatic rings. The van der Waals surface area contributed by atoms with Gasteiger partial charge in [-0.15, -0.1) is 23.1 Å². The first kappa shape index (κ1) is 19.8. The topological polar surface area (TPSA) is 66.1 Å². The Balaban J connectivity index is 1.25. The summed E-state index contributed by atoms with van der Waals surface area (Å²) in [6.07, 6.45) is 6.47. The van der Waals surface area contributed by atoms with Gasteiger partial charge in [-0.05, 0) is 49.7 Å². The molecule has 0 saturated carbocycles. The zero-order valence-electron chi connectivity index (χ0n) is 16.9. The Bertz CT molecular complexity index is 1120. The highest BCUT2D eigenvalue weighted by atomic mass is 32.2. The van der Waals surface area contributed by atoms with Gasteiger partial charge in [0.2, 0.25) is 5.91 Å². The van der Waals surface area contributed by atoms with E-state index in [2.05, 4.69) is 17.1 Å². The number of carbonyl (C=O) groups is 1. The second-order valence-electron chi connectivity index (χ2n) is 8.05. The van der Waals surface area contributed by atoms with Crippen molar-refractivity contribution in [3.8, 4) is 0 Å². The van der Waals surface area contributed by atoms with E-state index in [4.69, 9.17) is 4.98 Å². The number of carbonyl (C=O) groups excluding carboxylic acids is 1. The second kappa shape index (κ2) is 8.55. The number of hydrogen-bond donors (Lipinski definition) is 1. The van der Waals surface area contributed by atoms with Gasteiger partial charge in [0, 0.05) is 11.4 Å². The van der Waals surface area contributed by atoms with Gasteiger partial charge in [-0.3, -0.25) is 9.59 Å². The van der Waals surface area contributed by atoms with Crippen LogP contribution in [-0.4, -0.2) is 33.1 Å². The van der Waals surface area contributed by atoms with Crippen LogP contribution in [0.4, 0.5) is 0 Å². The normalized spacial score (nSPS) is 18.7. The highest BCUT2D eigenvalue weighted by molar-refractivity contribution is 7.99. The van der Waals surface area contributed by atoms with Crippen molar-refractivity contribution in [1.29, 1.82) is 0 Å². The number of nitrogens with one attached hydrogen (secondary N) is 1. The quantitative estimate of drug-likeness (QED) is 0.637. The molecule has 30 heavy (non-hydrogen) atoms. The third-order valence-electron chi connectivity index (χ3n) is 6.10. The molecule has 1 aliphatic heterocycles. The average Bonchev–Trinajstić information content (AvgIpc) is 3.39. The van der Waals surface area contributed by atoms with Gasteiger partial charge >= 0.3 is 0 Å². The Labute approximate surface area is 183 Å². The van der Waals surface area contributed by atoms with Crippen LogP contribution >= 0.6 is 23.1 Å². The lowest BCUT2D eigenvalue weighted by atomic mass is 9.97. The van der Waals surface area contributed by atoms with Crippen LogP contribution < -0.4 is 5.56 Å². The van der Waals surface area contributed by atoms with Gasteiger partial charge in [-0.1, -0.05) is 30.3 Å². The smallest absolute Gasteiger partial charge is 0.259 e. The van der Waals surface area contributed by atoms with Crippen molar-refractivity contribution in [3.05, 3.63) is 62.5 Å². The molecule has 0 radical (unpaired) electrons. The van der Waals surface area contributed by atoms with Crippen molar-refractivity contribution >= 4 is 39.2 Å². The van der Waals surface area contributed by atoms with Crippen molar-refractivity contribution in [2.45, 2.75) is 50.3 Å². The maximum Gasteiger partial charge on any atom is 0.259 e. The molecule has 5 nitrogen and oxygen atoms in total. The summed E-state index contributed by atoms with van der Waals surface area (Å²) in [5.74, 6) is 1.79. The standard InChI is InChI=1S/C23H25N3O2S2/c27-20(26-12-6-10-17(26)15-7-2-1-3-8-15)14-29-13-19-24-22(28)21-16-9-4-5-11-18(16)30-23(21)25-19/h1-3,7-8,17H,4-6,9-14H2,(H,24,25,28). The highest BCUT2D eigenvalue weighted by Crippen LogP contribution is 2.34. The number of amides is 1. The van der Waals surface area contributed by atoms with E-state index >= 15 is 0 Å². The number of aryl methyl sites for hydroxylation is 2. The minimum atomic E-state index is -0.0231. The number of thiophene rings is 1. The zero-order valence-corrected chi connectivity index (χ0v) is 18.5. The Morgan fingerprint density at radius 2 is 2.03 bits per heavy atom. The summed E-state index contributed by atoms with van der Waals surface area (Å²) in [6, 6.07) is 10.5. The largest absolute Gasteiger partial charge is 0.335 e. The molecule has 1 atom stereocenters. The summed E-state index contributed by atoms with van der Waals surface area (Å²) in [6.45, 7) is 0.820. The third kappa shape index (κ3) is 3.81. The number of fused-ring (bicyclic) bond motifs is 3. The van der Waals surface area contributed by atoms with E-state index in [1.807, 2.05) is 23.1 Å². The van der Waals surface area contributed by atoms with E-state index in [0.717, 1.165) is 48.9 Å². The van der Waals surface area contributed by atoms with Crippen LogP contribution in [0.25, 0.3) is 10.2 Å². The van der Waals surface area contributed by atoms with E-state index in [9.17, 15) is 9.59 Å². The molecule has 1 unspecified atom stereocenters. The van der Waals surface area contributed by atoms with Gasteiger partial charge in [-0.25, -0.2) is 4.98 Å². The van der Waals surface area contributed by atoms with Crippen LogP contribution in [0.2, 0.25) is 0 Å². The van der Waals surface area contributed by atoms with Gasteiger partial charge in [-0.2, -0.15) is 0 Å². The fourth-order valence-electron chi connectivity index (χ4n) is 4.68. The fourth-order valence-corrected chi connectivity index (χ4v) is 6.74. The molecule has 3 heterocycles. The number of H-pyrrole nitrogens is 1. The predicted molar refractivity (Wildman–Crippen MR) is 123 cm³/mol. The summed E-state index contributed by atoms with van der Waals surface area (Å²) in [5, 5.41) is 0.794. The molecule has 1 saturated heterocycles. The summed E-state index contributed by atoms with van der Waals surface area (Å²) in [4.78, 5) is 37.4.